The molecule has 7 heteroatoms. The molecule has 2 aromatic carbocycles. The van der Waals surface area contributed by atoms with Crippen molar-refractivity contribution in [3.63, 3.8) is 0 Å². The zero-order valence-corrected chi connectivity index (χ0v) is 15.5. The predicted molar refractivity (Wildman–Crippen MR) is 105 cm³/mol. The van der Waals surface area contributed by atoms with Crippen LogP contribution >= 0.6 is 11.3 Å². The fraction of sp³-hybridized carbons (Fsp3) is 0.150. The molecule has 4 aromatic rings. The van der Waals surface area contributed by atoms with Gasteiger partial charge in [-0.1, -0.05) is 36.4 Å². The summed E-state index contributed by atoms with van der Waals surface area (Å²) in [5.74, 6) is 0.236. The number of para-hydroxylation sites is 1. The minimum atomic E-state index is -0.475. The second kappa shape index (κ2) is 7.28. The Labute approximate surface area is 159 Å². The van der Waals surface area contributed by atoms with Crippen LogP contribution in [0.25, 0.3) is 10.9 Å². The zero-order chi connectivity index (χ0) is 18.8. The number of benzene rings is 2. The lowest BCUT2D eigenvalue weighted by Crippen LogP contribution is -2.14. The number of aromatic nitrogens is 3. The largest absolute Gasteiger partial charge is 0.303 e. The third kappa shape index (κ3) is 3.46. The number of halogens is 1. The maximum atomic E-state index is 12.7. The number of anilines is 1. The van der Waals surface area contributed by atoms with Crippen molar-refractivity contribution in [2.45, 2.75) is 20.1 Å². The van der Waals surface area contributed by atoms with Crippen molar-refractivity contribution >= 4 is 34.0 Å². The first-order valence-corrected chi connectivity index (χ1v) is 9.34. The monoisotopic (exact) mass is 380 g/mol. The lowest BCUT2D eigenvalue weighted by atomic mass is 10.1. The molecule has 2 aromatic heterocycles. The molecule has 5 nitrogen and oxygen atoms in total. The number of carbonyl (C=O) groups excluding carboxylic acids is 1. The lowest BCUT2D eigenvalue weighted by molar-refractivity contribution is 0.102. The van der Waals surface area contributed by atoms with E-state index < -0.39 is 6.67 Å². The summed E-state index contributed by atoms with van der Waals surface area (Å²) < 4.78 is 14.5. The Kier molecular flexibility index (Phi) is 4.68. The van der Waals surface area contributed by atoms with Gasteiger partial charge in [-0.2, -0.15) is 5.10 Å². The third-order valence-electron chi connectivity index (χ3n) is 4.36. The van der Waals surface area contributed by atoms with Crippen LogP contribution in [-0.2, 0) is 13.2 Å². The van der Waals surface area contributed by atoms with Crippen LogP contribution in [0.2, 0.25) is 0 Å². The number of rotatable bonds is 5. The fourth-order valence-corrected chi connectivity index (χ4v) is 3.51. The van der Waals surface area contributed by atoms with Gasteiger partial charge in [0.15, 0.2) is 5.82 Å². The van der Waals surface area contributed by atoms with Gasteiger partial charge in [0.25, 0.3) is 5.91 Å². The SMILES string of the molecule is Cc1scnc1C(=O)Nc1nn(Cc2ccc(CF)cc2)c2ccccc12. The van der Waals surface area contributed by atoms with E-state index in [0.717, 1.165) is 21.3 Å². The predicted octanol–water partition coefficient (Wildman–Crippen LogP) is 4.57. The second-order valence-corrected chi connectivity index (χ2v) is 7.24. The Morgan fingerprint density at radius 2 is 1.89 bits per heavy atom. The van der Waals surface area contributed by atoms with E-state index in [1.165, 1.54) is 11.3 Å². The Morgan fingerprint density at radius 3 is 2.59 bits per heavy atom. The maximum absolute atomic E-state index is 12.7. The first kappa shape index (κ1) is 17.4. The molecular weight excluding hydrogens is 363 g/mol. The average Bonchev–Trinajstić information content (AvgIpc) is 3.27. The van der Waals surface area contributed by atoms with Crippen molar-refractivity contribution in [1.29, 1.82) is 0 Å². The van der Waals surface area contributed by atoms with Crippen molar-refractivity contribution in [2.24, 2.45) is 0 Å². The van der Waals surface area contributed by atoms with E-state index in [9.17, 15) is 9.18 Å². The van der Waals surface area contributed by atoms with Gasteiger partial charge in [0.2, 0.25) is 0 Å². The summed E-state index contributed by atoms with van der Waals surface area (Å²) >= 11 is 1.43. The molecule has 0 spiro atoms. The number of carbonyl (C=O) groups is 1. The molecule has 1 N–H and O–H groups in total. The van der Waals surface area contributed by atoms with Gasteiger partial charge in [0.05, 0.1) is 17.6 Å². The number of alkyl halides is 1. The fourth-order valence-electron chi connectivity index (χ4n) is 2.94. The van der Waals surface area contributed by atoms with Gasteiger partial charge in [-0.05, 0) is 30.2 Å². The smallest absolute Gasteiger partial charge is 0.276 e. The van der Waals surface area contributed by atoms with E-state index in [4.69, 9.17) is 0 Å². The highest BCUT2D eigenvalue weighted by atomic mass is 32.1. The molecule has 0 bridgehead atoms. The molecule has 0 aliphatic heterocycles. The van der Waals surface area contributed by atoms with Crippen molar-refractivity contribution in [3.8, 4) is 0 Å². The third-order valence-corrected chi connectivity index (χ3v) is 5.12. The van der Waals surface area contributed by atoms with E-state index in [1.807, 2.05) is 48.0 Å². The molecule has 0 aliphatic carbocycles. The van der Waals surface area contributed by atoms with Gasteiger partial charge in [-0.25, -0.2) is 9.37 Å². The summed E-state index contributed by atoms with van der Waals surface area (Å²) in [6.07, 6.45) is 0. The molecule has 0 atom stereocenters. The first-order valence-electron chi connectivity index (χ1n) is 8.46. The zero-order valence-electron chi connectivity index (χ0n) is 14.6. The number of nitrogens with one attached hydrogen (secondary N) is 1. The summed E-state index contributed by atoms with van der Waals surface area (Å²) in [6.45, 7) is 1.92. The van der Waals surface area contributed by atoms with E-state index in [2.05, 4.69) is 15.4 Å². The summed E-state index contributed by atoms with van der Waals surface area (Å²) in [4.78, 5) is 17.5. The van der Waals surface area contributed by atoms with Gasteiger partial charge >= 0.3 is 0 Å². The van der Waals surface area contributed by atoms with Crippen LogP contribution in [-0.4, -0.2) is 20.7 Å². The molecule has 0 aliphatic rings. The van der Waals surface area contributed by atoms with Gasteiger partial charge in [0.1, 0.15) is 12.4 Å². The van der Waals surface area contributed by atoms with Crippen LogP contribution in [0.15, 0.2) is 54.0 Å². The Bertz CT molecular complexity index is 1100. The molecule has 4 rings (SSSR count). The summed E-state index contributed by atoms with van der Waals surface area (Å²) in [7, 11) is 0. The Balaban J connectivity index is 1.66. The minimum Gasteiger partial charge on any atom is -0.303 e. The molecule has 2 heterocycles. The molecule has 0 radical (unpaired) electrons. The topological polar surface area (TPSA) is 59.8 Å². The maximum Gasteiger partial charge on any atom is 0.276 e. The van der Waals surface area contributed by atoms with E-state index >= 15 is 0 Å². The number of thiazole rings is 1. The van der Waals surface area contributed by atoms with Crippen molar-refractivity contribution in [3.05, 3.63) is 75.7 Å². The minimum absolute atomic E-state index is 0.267. The summed E-state index contributed by atoms with van der Waals surface area (Å²) in [5, 5.41) is 8.33. The number of hydrogen-bond acceptors (Lipinski definition) is 4. The lowest BCUT2D eigenvalue weighted by Gasteiger charge is -2.04. The van der Waals surface area contributed by atoms with Crippen LogP contribution in [0.1, 0.15) is 26.5 Å². The normalized spacial score (nSPS) is 11.0. The summed E-state index contributed by atoms with van der Waals surface area (Å²) in [6, 6.07) is 15.1. The average molecular weight is 380 g/mol. The molecule has 0 fully saturated rings. The number of amides is 1. The second-order valence-electron chi connectivity index (χ2n) is 6.18. The van der Waals surface area contributed by atoms with Crippen molar-refractivity contribution in [2.75, 3.05) is 5.32 Å². The molecular formula is C20H17FN4OS. The quantitative estimate of drug-likeness (QED) is 0.552. The molecule has 1 amide bonds. The number of aryl methyl sites for hydroxylation is 1. The van der Waals surface area contributed by atoms with E-state index in [1.54, 1.807) is 17.6 Å². The molecule has 0 saturated heterocycles. The Hall–Kier alpha value is -3.06. The molecule has 136 valence electrons. The van der Waals surface area contributed by atoms with Gasteiger partial charge in [-0.3, -0.25) is 9.48 Å². The molecule has 0 saturated carbocycles. The Morgan fingerprint density at radius 1 is 1.15 bits per heavy atom. The number of fused-ring (bicyclic) bond motifs is 1. The van der Waals surface area contributed by atoms with Crippen LogP contribution in [0.3, 0.4) is 0 Å². The van der Waals surface area contributed by atoms with E-state index in [-0.39, 0.29) is 5.91 Å². The van der Waals surface area contributed by atoms with E-state index in [0.29, 0.717) is 23.6 Å². The van der Waals surface area contributed by atoms with Crippen molar-refractivity contribution in [1.82, 2.24) is 14.8 Å². The van der Waals surface area contributed by atoms with Gasteiger partial charge in [0, 0.05) is 10.3 Å². The highest BCUT2D eigenvalue weighted by Gasteiger charge is 2.17. The van der Waals surface area contributed by atoms with Crippen LogP contribution in [0.4, 0.5) is 10.2 Å². The molecule has 0 unspecified atom stereocenters. The van der Waals surface area contributed by atoms with Gasteiger partial charge in [-0.15, -0.1) is 11.3 Å². The van der Waals surface area contributed by atoms with Crippen molar-refractivity contribution < 1.29 is 9.18 Å². The molecule has 27 heavy (non-hydrogen) atoms. The summed E-state index contributed by atoms with van der Waals surface area (Å²) in [5.41, 5.74) is 4.64. The number of nitrogens with zero attached hydrogens (tertiary/aromatic N) is 3. The van der Waals surface area contributed by atoms with Crippen LogP contribution in [0.5, 0.6) is 0 Å². The first-order chi connectivity index (χ1) is 13.2. The highest BCUT2D eigenvalue weighted by Crippen LogP contribution is 2.24. The highest BCUT2D eigenvalue weighted by molar-refractivity contribution is 7.09. The van der Waals surface area contributed by atoms with Crippen LogP contribution < -0.4 is 5.32 Å². The van der Waals surface area contributed by atoms with Crippen LogP contribution in [0, 0.1) is 6.92 Å². The standard InChI is InChI=1S/C20H17FN4OS/c1-13-18(22-12-27-13)20(26)23-19-16-4-2-3-5-17(16)25(24-19)11-15-8-6-14(10-21)7-9-15/h2-9,12H,10-11H2,1H3,(H,23,24,26). The van der Waals surface area contributed by atoms with Gasteiger partial charge < -0.3 is 5.32 Å². The number of hydrogen-bond donors (Lipinski definition) is 1.